The van der Waals surface area contributed by atoms with Crippen LogP contribution in [0.25, 0.3) is 0 Å². The van der Waals surface area contributed by atoms with Crippen molar-refractivity contribution in [1.29, 1.82) is 0 Å². The lowest BCUT2D eigenvalue weighted by molar-refractivity contribution is 0.145. The molecule has 2 heteroatoms. The van der Waals surface area contributed by atoms with Gasteiger partial charge in [-0.3, -0.25) is 4.90 Å². The van der Waals surface area contributed by atoms with Gasteiger partial charge in [0.2, 0.25) is 0 Å². The summed E-state index contributed by atoms with van der Waals surface area (Å²) in [5.74, 6) is 1.62. The highest BCUT2D eigenvalue weighted by atomic mass is 15.2. The first-order chi connectivity index (χ1) is 7.72. The molecule has 94 valence electrons. The standard InChI is InChI=1S/C14H28N2/c1-11(2)8-9-16(13-6-7-13)14-5-3-4-12(14)10-15/h11-14H,3-10,15H2,1-2H3. The molecule has 0 aromatic carbocycles. The van der Waals surface area contributed by atoms with Crippen LogP contribution in [0.15, 0.2) is 0 Å². The van der Waals surface area contributed by atoms with E-state index in [1.165, 1.54) is 45.1 Å². The minimum absolute atomic E-state index is 0.785. The second kappa shape index (κ2) is 5.50. The number of hydrogen-bond acceptors (Lipinski definition) is 2. The van der Waals surface area contributed by atoms with Crippen LogP contribution in [0.4, 0.5) is 0 Å². The molecule has 2 unspecified atom stereocenters. The summed E-state index contributed by atoms with van der Waals surface area (Å²) in [6, 6.07) is 1.73. The van der Waals surface area contributed by atoms with Crippen molar-refractivity contribution < 1.29 is 0 Å². The van der Waals surface area contributed by atoms with E-state index in [1.54, 1.807) is 0 Å². The molecule has 0 aromatic rings. The molecule has 2 saturated carbocycles. The average molecular weight is 224 g/mol. The lowest BCUT2D eigenvalue weighted by Crippen LogP contribution is -2.42. The predicted molar refractivity (Wildman–Crippen MR) is 69.4 cm³/mol. The highest BCUT2D eigenvalue weighted by molar-refractivity contribution is 4.94. The molecular weight excluding hydrogens is 196 g/mol. The van der Waals surface area contributed by atoms with Crippen molar-refractivity contribution in [3.8, 4) is 0 Å². The molecular formula is C14H28N2. The third kappa shape index (κ3) is 2.98. The van der Waals surface area contributed by atoms with E-state index in [2.05, 4.69) is 18.7 Å². The van der Waals surface area contributed by atoms with Crippen LogP contribution >= 0.6 is 0 Å². The molecule has 0 bridgehead atoms. The summed E-state index contributed by atoms with van der Waals surface area (Å²) in [6.07, 6.45) is 8.39. The van der Waals surface area contributed by atoms with Gasteiger partial charge >= 0.3 is 0 Å². The average Bonchev–Trinajstić information content (AvgIpc) is 2.96. The van der Waals surface area contributed by atoms with Crippen molar-refractivity contribution >= 4 is 0 Å². The third-order valence-corrected chi connectivity index (χ3v) is 4.33. The molecule has 2 nitrogen and oxygen atoms in total. The predicted octanol–water partition coefficient (Wildman–Crippen LogP) is 2.62. The van der Waals surface area contributed by atoms with Gasteiger partial charge in [0.15, 0.2) is 0 Å². The SMILES string of the molecule is CC(C)CCN(C1CC1)C1CCCC1CN. The van der Waals surface area contributed by atoms with E-state index in [4.69, 9.17) is 5.73 Å². The van der Waals surface area contributed by atoms with E-state index in [0.29, 0.717) is 0 Å². The Morgan fingerprint density at radius 1 is 1.19 bits per heavy atom. The monoisotopic (exact) mass is 224 g/mol. The normalized spacial score (nSPS) is 30.6. The molecule has 2 fully saturated rings. The molecule has 0 aromatic heterocycles. The van der Waals surface area contributed by atoms with Crippen molar-refractivity contribution in [3.05, 3.63) is 0 Å². The van der Waals surface area contributed by atoms with Gasteiger partial charge in [0.05, 0.1) is 0 Å². The Hall–Kier alpha value is -0.0800. The van der Waals surface area contributed by atoms with E-state index in [-0.39, 0.29) is 0 Å². The number of rotatable bonds is 6. The molecule has 2 aliphatic rings. The minimum Gasteiger partial charge on any atom is -0.330 e. The smallest absolute Gasteiger partial charge is 0.0138 e. The molecule has 0 spiro atoms. The summed E-state index contributed by atoms with van der Waals surface area (Å²) in [7, 11) is 0. The van der Waals surface area contributed by atoms with E-state index in [1.807, 2.05) is 0 Å². The second-order valence-electron chi connectivity index (χ2n) is 6.15. The molecule has 0 radical (unpaired) electrons. The van der Waals surface area contributed by atoms with Crippen LogP contribution in [0.3, 0.4) is 0 Å². The van der Waals surface area contributed by atoms with Crippen LogP contribution in [0.2, 0.25) is 0 Å². The van der Waals surface area contributed by atoms with Crippen LogP contribution < -0.4 is 5.73 Å². The Bertz CT molecular complexity index is 211. The third-order valence-electron chi connectivity index (χ3n) is 4.33. The molecule has 0 amide bonds. The summed E-state index contributed by atoms with van der Waals surface area (Å²) in [4.78, 5) is 2.81. The molecule has 0 saturated heterocycles. The largest absolute Gasteiger partial charge is 0.330 e. The first-order valence-electron chi connectivity index (χ1n) is 7.18. The van der Waals surface area contributed by atoms with Crippen LogP contribution in [-0.4, -0.2) is 30.1 Å². The van der Waals surface area contributed by atoms with Crippen LogP contribution in [0, 0.1) is 11.8 Å². The lowest BCUT2D eigenvalue weighted by Gasteiger charge is -2.33. The van der Waals surface area contributed by atoms with E-state index >= 15 is 0 Å². The maximum absolute atomic E-state index is 5.91. The number of nitrogens with two attached hydrogens (primary N) is 1. The zero-order valence-electron chi connectivity index (χ0n) is 11.0. The maximum atomic E-state index is 5.91. The van der Waals surface area contributed by atoms with Crippen molar-refractivity contribution in [1.82, 2.24) is 4.90 Å². The highest BCUT2D eigenvalue weighted by Crippen LogP contribution is 2.37. The van der Waals surface area contributed by atoms with Crippen LogP contribution in [0.1, 0.15) is 52.4 Å². The fourth-order valence-electron chi connectivity index (χ4n) is 3.16. The second-order valence-corrected chi connectivity index (χ2v) is 6.15. The van der Waals surface area contributed by atoms with Crippen molar-refractivity contribution in [2.45, 2.75) is 64.5 Å². The maximum Gasteiger partial charge on any atom is 0.0138 e. The summed E-state index contributed by atoms with van der Waals surface area (Å²) in [5, 5.41) is 0. The fourth-order valence-corrected chi connectivity index (χ4v) is 3.16. The fraction of sp³-hybridized carbons (Fsp3) is 1.00. The Kier molecular flexibility index (Phi) is 4.26. The number of hydrogen-bond donors (Lipinski definition) is 1. The zero-order valence-corrected chi connectivity index (χ0v) is 11.0. The Morgan fingerprint density at radius 3 is 2.50 bits per heavy atom. The Balaban J connectivity index is 1.90. The van der Waals surface area contributed by atoms with Gasteiger partial charge in [-0.05, 0) is 57.0 Å². The molecule has 2 aliphatic carbocycles. The first kappa shape index (κ1) is 12.4. The quantitative estimate of drug-likeness (QED) is 0.751. The van der Waals surface area contributed by atoms with Gasteiger partial charge in [-0.25, -0.2) is 0 Å². The summed E-state index contributed by atoms with van der Waals surface area (Å²) in [6.45, 7) is 6.87. The van der Waals surface area contributed by atoms with Gasteiger partial charge in [-0.1, -0.05) is 20.3 Å². The topological polar surface area (TPSA) is 29.3 Å². The van der Waals surface area contributed by atoms with Crippen molar-refractivity contribution in [3.63, 3.8) is 0 Å². The summed E-state index contributed by atoms with van der Waals surface area (Å²) < 4.78 is 0. The van der Waals surface area contributed by atoms with Gasteiger partial charge in [-0.2, -0.15) is 0 Å². The van der Waals surface area contributed by atoms with Gasteiger partial charge in [0.25, 0.3) is 0 Å². The van der Waals surface area contributed by atoms with E-state index < -0.39 is 0 Å². The van der Waals surface area contributed by atoms with Gasteiger partial charge in [0.1, 0.15) is 0 Å². The molecule has 16 heavy (non-hydrogen) atoms. The van der Waals surface area contributed by atoms with Gasteiger partial charge in [-0.15, -0.1) is 0 Å². The molecule has 2 atom stereocenters. The first-order valence-corrected chi connectivity index (χ1v) is 7.18. The van der Waals surface area contributed by atoms with Crippen LogP contribution in [0.5, 0.6) is 0 Å². The van der Waals surface area contributed by atoms with Crippen molar-refractivity contribution in [2.24, 2.45) is 17.6 Å². The van der Waals surface area contributed by atoms with E-state index in [9.17, 15) is 0 Å². The Morgan fingerprint density at radius 2 is 1.94 bits per heavy atom. The van der Waals surface area contributed by atoms with Crippen molar-refractivity contribution in [2.75, 3.05) is 13.1 Å². The van der Waals surface area contributed by atoms with Crippen LogP contribution in [-0.2, 0) is 0 Å². The lowest BCUT2D eigenvalue weighted by atomic mass is 10.0. The van der Waals surface area contributed by atoms with Gasteiger partial charge < -0.3 is 5.73 Å². The Labute approximate surface area is 101 Å². The number of nitrogens with zero attached hydrogens (tertiary/aromatic N) is 1. The highest BCUT2D eigenvalue weighted by Gasteiger charge is 2.38. The zero-order chi connectivity index (χ0) is 11.5. The summed E-state index contributed by atoms with van der Waals surface area (Å²) in [5.41, 5.74) is 5.91. The molecule has 0 heterocycles. The molecule has 2 N–H and O–H groups in total. The van der Waals surface area contributed by atoms with Gasteiger partial charge in [0, 0.05) is 12.1 Å². The minimum atomic E-state index is 0.785. The molecule has 2 rings (SSSR count). The molecule has 0 aliphatic heterocycles. The van der Waals surface area contributed by atoms with E-state index in [0.717, 1.165) is 30.5 Å². The summed E-state index contributed by atoms with van der Waals surface area (Å²) >= 11 is 0.